The third-order valence-corrected chi connectivity index (χ3v) is 6.03. The van der Waals surface area contributed by atoms with Crippen molar-refractivity contribution in [3.8, 4) is 11.5 Å². The lowest BCUT2D eigenvalue weighted by Gasteiger charge is -2.39. The first kappa shape index (κ1) is 16.7. The second-order valence-corrected chi connectivity index (χ2v) is 8.05. The van der Waals surface area contributed by atoms with Gasteiger partial charge in [-0.15, -0.1) is 0 Å². The van der Waals surface area contributed by atoms with Gasteiger partial charge in [0.2, 0.25) is 0 Å². The molecule has 1 heterocycles. The summed E-state index contributed by atoms with van der Waals surface area (Å²) in [6, 6.07) is 4.20. The summed E-state index contributed by atoms with van der Waals surface area (Å²) in [5.41, 5.74) is 2.32. The van der Waals surface area contributed by atoms with E-state index < -0.39 is 0 Å². The van der Waals surface area contributed by atoms with Gasteiger partial charge in [0.25, 0.3) is 0 Å². The zero-order chi connectivity index (χ0) is 16.6. The van der Waals surface area contributed by atoms with Crippen LogP contribution in [0.2, 0.25) is 0 Å². The van der Waals surface area contributed by atoms with E-state index in [1.807, 2.05) is 6.07 Å². The maximum atomic E-state index is 10.7. The first-order chi connectivity index (χ1) is 11.0. The van der Waals surface area contributed by atoms with Crippen LogP contribution >= 0.6 is 0 Å². The lowest BCUT2D eigenvalue weighted by molar-refractivity contribution is 0.0602. The van der Waals surface area contributed by atoms with Crippen molar-refractivity contribution in [2.75, 3.05) is 0 Å². The van der Waals surface area contributed by atoms with Crippen LogP contribution in [-0.4, -0.2) is 11.2 Å². The second-order valence-electron chi connectivity index (χ2n) is 8.05. The fourth-order valence-corrected chi connectivity index (χ4v) is 4.68. The van der Waals surface area contributed by atoms with E-state index in [1.54, 1.807) is 0 Å². The van der Waals surface area contributed by atoms with Crippen LogP contribution in [-0.2, 0) is 6.42 Å². The fourth-order valence-electron chi connectivity index (χ4n) is 4.68. The first-order valence-corrected chi connectivity index (χ1v) is 9.55. The topological polar surface area (TPSA) is 29.5 Å². The van der Waals surface area contributed by atoms with Crippen LogP contribution in [0.25, 0.3) is 0 Å². The molecule has 0 amide bonds. The molecule has 1 aromatic rings. The highest BCUT2D eigenvalue weighted by molar-refractivity contribution is 5.53. The molecule has 0 saturated heterocycles. The molecule has 2 aliphatic rings. The lowest BCUT2D eigenvalue weighted by Crippen LogP contribution is -2.38. The molecular formula is C21H32O2. The van der Waals surface area contributed by atoms with Gasteiger partial charge >= 0.3 is 0 Å². The van der Waals surface area contributed by atoms with Gasteiger partial charge in [-0.2, -0.15) is 0 Å². The molecule has 2 nitrogen and oxygen atoms in total. The van der Waals surface area contributed by atoms with Gasteiger partial charge in [0.05, 0.1) is 0 Å². The zero-order valence-corrected chi connectivity index (χ0v) is 15.1. The Balaban J connectivity index is 1.90. The van der Waals surface area contributed by atoms with Gasteiger partial charge in [0.15, 0.2) is 0 Å². The minimum absolute atomic E-state index is 0.253. The van der Waals surface area contributed by atoms with Crippen molar-refractivity contribution >= 4 is 0 Å². The summed E-state index contributed by atoms with van der Waals surface area (Å²) in [7, 11) is 0. The Kier molecular flexibility index (Phi) is 4.89. The molecule has 1 aliphatic carbocycles. The van der Waals surface area contributed by atoms with Crippen molar-refractivity contribution in [2.45, 2.75) is 78.2 Å². The molecular weight excluding hydrogens is 284 g/mol. The number of hydrogen-bond donors (Lipinski definition) is 1. The Bertz CT molecular complexity index is 549. The number of hydrogen-bond acceptors (Lipinski definition) is 2. The average Bonchev–Trinajstić information content (AvgIpc) is 2.88. The molecule has 1 aliphatic heterocycles. The molecule has 0 spiro atoms. The minimum Gasteiger partial charge on any atom is -0.508 e. The molecule has 1 fully saturated rings. The molecule has 1 N–H and O–H groups in total. The van der Waals surface area contributed by atoms with E-state index in [9.17, 15) is 5.11 Å². The highest BCUT2D eigenvalue weighted by Gasteiger charge is 2.47. The third-order valence-electron chi connectivity index (χ3n) is 6.03. The van der Waals surface area contributed by atoms with Crippen LogP contribution in [0.15, 0.2) is 12.1 Å². The van der Waals surface area contributed by atoms with E-state index in [4.69, 9.17) is 4.74 Å². The predicted molar refractivity (Wildman–Crippen MR) is 95.2 cm³/mol. The Morgan fingerprint density at radius 2 is 2.00 bits per heavy atom. The van der Waals surface area contributed by atoms with Gasteiger partial charge in [0, 0.05) is 11.5 Å². The van der Waals surface area contributed by atoms with Gasteiger partial charge in [-0.25, -0.2) is 0 Å². The smallest absolute Gasteiger partial charge is 0.127 e. The lowest BCUT2D eigenvalue weighted by atomic mass is 9.66. The Morgan fingerprint density at radius 1 is 1.22 bits per heavy atom. The van der Waals surface area contributed by atoms with Crippen LogP contribution < -0.4 is 4.74 Å². The highest BCUT2D eigenvalue weighted by Crippen LogP contribution is 2.55. The van der Waals surface area contributed by atoms with Crippen molar-refractivity contribution < 1.29 is 9.84 Å². The van der Waals surface area contributed by atoms with Crippen molar-refractivity contribution in [1.82, 2.24) is 0 Å². The van der Waals surface area contributed by atoms with Gasteiger partial charge in [-0.3, -0.25) is 0 Å². The first-order valence-electron chi connectivity index (χ1n) is 9.55. The quantitative estimate of drug-likeness (QED) is 0.709. The monoisotopic (exact) mass is 316 g/mol. The molecule has 0 aromatic heterocycles. The van der Waals surface area contributed by atoms with E-state index in [0.717, 1.165) is 17.7 Å². The van der Waals surface area contributed by atoms with Crippen LogP contribution in [0.5, 0.6) is 11.5 Å². The van der Waals surface area contributed by atoms with Crippen LogP contribution in [0.3, 0.4) is 0 Å². The molecule has 4 atom stereocenters. The molecule has 23 heavy (non-hydrogen) atoms. The maximum Gasteiger partial charge on any atom is 0.127 e. The number of aromatic hydroxyl groups is 1. The van der Waals surface area contributed by atoms with Crippen LogP contribution in [0.4, 0.5) is 0 Å². The molecule has 3 unspecified atom stereocenters. The molecule has 0 radical (unpaired) electrons. The van der Waals surface area contributed by atoms with Gasteiger partial charge in [-0.05, 0) is 61.1 Å². The summed E-state index contributed by atoms with van der Waals surface area (Å²) in [6.45, 7) is 9.15. The second kappa shape index (κ2) is 6.75. The summed E-state index contributed by atoms with van der Waals surface area (Å²) in [5.74, 6) is 3.64. The number of aryl methyl sites for hydroxylation is 1. The number of ether oxygens (including phenoxy) is 1. The number of benzene rings is 1. The molecule has 128 valence electrons. The Morgan fingerprint density at radius 3 is 2.70 bits per heavy atom. The maximum absolute atomic E-state index is 10.7. The molecule has 1 aromatic carbocycles. The third kappa shape index (κ3) is 3.09. The number of unbranched alkanes of at least 4 members (excludes halogenated alkanes) is 2. The van der Waals surface area contributed by atoms with E-state index in [2.05, 4.69) is 33.8 Å². The van der Waals surface area contributed by atoms with E-state index in [1.165, 1.54) is 37.7 Å². The number of phenolic OH excluding ortho intramolecular Hbond substituents is 1. The number of fused-ring (bicyclic) bond motifs is 3. The van der Waals surface area contributed by atoms with E-state index in [-0.39, 0.29) is 6.10 Å². The van der Waals surface area contributed by atoms with E-state index >= 15 is 0 Å². The van der Waals surface area contributed by atoms with Gasteiger partial charge in [-0.1, -0.05) is 40.5 Å². The van der Waals surface area contributed by atoms with Crippen molar-refractivity contribution in [2.24, 2.45) is 17.8 Å². The Hall–Kier alpha value is -1.18. The summed E-state index contributed by atoms with van der Waals surface area (Å²) >= 11 is 0. The van der Waals surface area contributed by atoms with Crippen LogP contribution in [0.1, 0.15) is 76.8 Å². The summed E-state index contributed by atoms with van der Waals surface area (Å²) in [5, 5.41) is 10.7. The van der Waals surface area contributed by atoms with Gasteiger partial charge in [0.1, 0.15) is 17.6 Å². The number of rotatable bonds is 5. The fraction of sp³-hybridized carbons (Fsp3) is 0.714. The van der Waals surface area contributed by atoms with Gasteiger partial charge < -0.3 is 9.84 Å². The molecule has 1 saturated carbocycles. The zero-order valence-electron chi connectivity index (χ0n) is 15.1. The summed E-state index contributed by atoms with van der Waals surface area (Å²) < 4.78 is 6.37. The SMILES string of the molecule is CCCCCc1cc(O)c2c(c1)OC1C(C)CCC(C(C)C)[C@H]21. The standard InChI is InChI=1S/C21H32O2/c1-5-6-7-8-15-11-17(22)20-18(12-15)23-21-14(4)9-10-16(13(2)3)19(20)21/h11-14,16,19,21-22H,5-10H2,1-4H3/t14?,16?,19-,21?/m1/s1. The van der Waals surface area contributed by atoms with Crippen molar-refractivity contribution in [1.29, 1.82) is 0 Å². The number of phenols is 1. The predicted octanol–water partition coefficient (Wildman–Crippen LogP) is 5.67. The summed E-state index contributed by atoms with van der Waals surface area (Å²) in [4.78, 5) is 0. The average molecular weight is 316 g/mol. The molecule has 3 rings (SSSR count). The Labute approximate surface area is 141 Å². The van der Waals surface area contributed by atoms with E-state index in [0.29, 0.717) is 29.4 Å². The molecule has 0 bridgehead atoms. The highest BCUT2D eigenvalue weighted by atomic mass is 16.5. The minimum atomic E-state index is 0.253. The molecule has 2 heteroatoms. The van der Waals surface area contributed by atoms with Crippen molar-refractivity contribution in [3.63, 3.8) is 0 Å². The normalized spacial score (nSPS) is 29.3. The largest absolute Gasteiger partial charge is 0.508 e. The summed E-state index contributed by atoms with van der Waals surface area (Å²) in [6.07, 6.45) is 7.44. The van der Waals surface area contributed by atoms with Crippen LogP contribution in [0, 0.1) is 17.8 Å². The van der Waals surface area contributed by atoms with Crippen molar-refractivity contribution in [3.05, 3.63) is 23.3 Å².